The summed E-state index contributed by atoms with van der Waals surface area (Å²) in [5.41, 5.74) is 1.97. The highest BCUT2D eigenvalue weighted by Gasteiger charge is 2.26. The van der Waals surface area contributed by atoms with E-state index in [1.54, 1.807) is 4.90 Å². The van der Waals surface area contributed by atoms with Gasteiger partial charge in [0.25, 0.3) is 6.47 Å². The number of anilines is 1. The van der Waals surface area contributed by atoms with E-state index in [0.717, 1.165) is 14.8 Å². The van der Waals surface area contributed by atoms with Crippen LogP contribution in [-0.4, -0.2) is 25.5 Å². The van der Waals surface area contributed by atoms with Gasteiger partial charge in [-0.25, -0.2) is 0 Å². The number of fused-ring (bicyclic) bond motifs is 1. The van der Waals surface area contributed by atoms with Crippen molar-refractivity contribution in [2.45, 2.75) is 6.42 Å². The molecule has 16 heavy (non-hydrogen) atoms. The molecule has 0 radical (unpaired) electrons. The van der Waals surface area contributed by atoms with E-state index in [1.165, 1.54) is 0 Å². The van der Waals surface area contributed by atoms with Crippen LogP contribution in [0.1, 0.15) is 5.56 Å². The monoisotopic (exact) mass is 331 g/mol. The van der Waals surface area contributed by atoms with Gasteiger partial charge in [0.05, 0.1) is 13.0 Å². The highest BCUT2D eigenvalue weighted by atomic mass is 127. The molecular formula is C11H10INO3. The summed E-state index contributed by atoms with van der Waals surface area (Å²) in [5, 5.41) is 0. The van der Waals surface area contributed by atoms with Crippen molar-refractivity contribution >= 4 is 40.7 Å². The zero-order chi connectivity index (χ0) is 11.5. The molecular weight excluding hydrogens is 321 g/mol. The van der Waals surface area contributed by atoms with Gasteiger partial charge in [-0.2, -0.15) is 0 Å². The van der Waals surface area contributed by atoms with E-state index in [4.69, 9.17) is 0 Å². The van der Waals surface area contributed by atoms with Crippen LogP contribution in [-0.2, 0) is 20.7 Å². The molecule has 0 aromatic heterocycles. The minimum absolute atomic E-state index is 0.0616. The summed E-state index contributed by atoms with van der Waals surface area (Å²) in [5.74, 6) is 0.0616. The van der Waals surface area contributed by atoms with Gasteiger partial charge in [-0.15, -0.1) is 0 Å². The average Bonchev–Trinajstić information content (AvgIpc) is 2.55. The van der Waals surface area contributed by atoms with Crippen molar-refractivity contribution in [3.8, 4) is 0 Å². The summed E-state index contributed by atoms with van der Waals surface area (Å²) in [7, 11) is 0. The molecule has 1 aliphatic rings. The maximum atomic E-state index is 11.7. The molecule has 0 bridgehead atoms. The summed E-state index contributed by atoms with van der Waals surface area (Å²) in [6.45, 7) is 1.06. The van der Waals surface area contributed by atoms with Gasteiger partial charge in [0.1, 0.15) is 6.61 Å². The molecule has 1 heterocycles. The van der Waals surface area contributed by atoms with Gasteiger partial charge < -0.3 is 9.64 Å². The third kappa shape index (κ3) is 2.18. The first-order chi connectivity index (χ1) is 7.72. The standard InChI is InChI=1S/C11H10INO3/c12-9-1-2-10-8(5-9)6-11(15)13(10)3-4-16-7-14/h1-2,5,7H,3-4,6H2. The molecule has 0 saturated carbocycles. The first-order valence-electron chi connectivity index (χ1n) is 4.86. The topological polar surface area (TPSA) is 46.6 Å². The Morgan fingerprint density at radius 2 is 2.31 bits per heavy atom. The minimum Gasteiger partial charge on any atom is -0.466 e. The normalized spacial score (nSPS) is 13.8. The van der Waals surface area contributed by atoms with Gasteiger partial charge in [-0.3, -0.25) is 9.59 Å². The van der Waals surface area contributed by atoms with Gasteiger partial charge in [0.15, 0.2) is 0 Å². The Morgan fingerprint density at radius 1 is 1.50 bits per heavy atom. The Balaban J connectivity index is 2.16. The molecule has 0 spiro atoms. The van der Waals surface area contributed by atoms with Crippen LogP contribution in [0.2, 0.25) is 0 Å². The van der Waals surface area contributed by atoms with Crippen LogP contribution in [0, 0.1) is 3.57 Å². The third-order valence-electron chi connectivity index (χ3n) is 2.48. The van der Waals surface area contributed by atoms with Crippen molar-refractivity contribution in [2.75, 3.05) is 18.1 Å². The molecule has 0 aliphatic carbocycles. The minimum atomic E-state index is 0.0616. The van der Waals surface area contributed by atoms with Crippen LogP contribution >= 0.6 is 22.6 Å². The molecule has 0 unspecified atom stereocenters. The van der Waals surface area contributed by atoms with Crippen LogP contribution in [0.25, 0.3) is 0 Å². The first kappa shape index (κ1) is 11.4. The highest BCUT2D eigenvalue weighted by molar-refractivity contribution is 14.1. The molecule has 84 valence electrons. The Labute approximate surface area is 107 Å². The first-order valence-corrected chi connectivity index (χ1v) is 5.94. The number of rotatable bonds is 4. The second kappa shape index (κ2) is 4.82. The van der Waals surface area contributed by atoms with E-state index in [0.29, 0.717) is 19.4 Å². The smallest absolute Gasteiger partial charge is 0.293 e. The van der Waals surface area contributed by atoms with Crippen LogP contribution in [0.15, 0.2) is 18.2 Å². The largest absolute Gasteiger partial charge is 0.466 e. The number of hydrogen-bond acceptors (Lipinski definition) is 3. The van der Waals surface area contributed by atoms with Gasteiger partial charge >= 0.3 is 0 Å². The van der Waals surface area contributed by atoms with Gasteiger partial charge in [0.2, 0.25) is 5.91 Å². The van der Waals surface area contributed by atoms with Crippen molar-refractivity contribution in [2.24, 2.45) is 0 Å². The van der Waals surface area contributed by atoms with Crippen LogP contribution in [0.5, 0.6) is 0 Å². The summed E-state index contributed by atoms with van der Waals surface area (Å²) in [4.78, 5) is 23.4. The zero-order valence-electron chi connectivity index (χ0n) is 8.48. The van der Waals surface area contributed by atoms with Gasteiger partial charge in [-0.1, -0.05) is 0 Å². The fourth-order valence-corrected chi connectivity index (χ4v) is 2.34. The van der Waals surface area contributed by atoms with E-state index in [9.17, 15) is 9.59 Å². The molecule has 0 N–H and O–H groups in total. The second-order valence-corrected chi connectivity index (χ2v) is 4.71. The predicted molar refractivity (Wildman–Crippen MR) is 67.2 cm³/mol. The lowest BCUT2D eigenvalue weighted by Crippen LogP contribution is -2.30. The quantitative estimate of drug-likeness (QED) is 0.475. The summed E-state index contributed by atoms with van der Waals surface area (Å²) < 4.78 is 5.73. The predicted octanol–water partition coefficient (Wildman–Crippen LogP) is 1.35. The van der Waals surface area contributed by atoms with Gasteiger partial charge in [-0.05, 0) is 46.4 Å². The number of ether oxygens (including phenoxy) is 1. The fourth-order valence-electron chi connectivity index (χ4n) is 1.79. The van der Waals surface area contributed by atoms with E-state index in [2.05, 4.69) is 27.3 Å². The number of hydrogen-bond donors (Lipinski definition) is 0. The third-order valence-corrected chi connectivity index (χ3v) is 3.15. The molecule has 4 nitrogen and oxygen atoms in total. The molecule has 0 atom stereocenters. The SMILES string of the molecule is O=COCCN1C(=O)Cc2cc(I)ccc21. The lowest BCUT2D eigenvalue weighted by atomic mass is 10.2. The van der Waals surface area contributed by atoms with Crippen LogP contribution < -0.4 is 4.90 Å². The maximum Gasteiger partial charge on any atom is 0.293 e. The fraction of sp³-hybridized carbons (Fsp3) is 0.273. The number of carbonyl (C=O) groups excluding carboxylic acids is 2. The molecule has 1 aliphatic heterocycles. The number of halogens is 1. The number of carbonyl (C=O) groups is 2. The molecule has 1 amide bonds. The van der Waals surface area contributed by atoms with E-state index in [1.807, 2.05) is 18.2 Å². The van der Waals surface area contributed by atoms with E-state index < -0.39 is 0 Å². The molecule has 2 rings (SSSR count). The summed E-state index contributed by atoms with van der Waals surface area (Å²) in [6, 6.07) is 5.91. The van der Waals surface area contributed by atoms with Crippen LogP contribution in [0.4, 0.5) is 5.69 Å². The van der Waals surface area contributed by atoms with Crippen molar-refractivity contribution in [3.05, 3.63) is 27.3 Å². The summed E-state index contributed by atoms with van der Waals surface area (Å²) >= 11 is 2.22. The molecule has 1 aromatic rings. The molecule has 0 fully saturated rings. The van der Waals surface area contributed by atoms with E-state index >= 15 is 0 Å². The Kier molecular flexibility index (Phi) is 3.42. The molecule has 1 aromatic carbocycles. The Bertz CT molecular complexity index is 433. The Hall–Kier alpha value is -1.11. The van der Waals surface area contributed by atoms with Crippen molar-refractivity contribution < 1.29 is 14.3 Å². The lowest BCUT2D eigenvalue weighted by Gasteiger charge is -2.16. The number of amides is 1. The zero-order valence-corrected chi connectivity index (χ0v) is 10.6. The lowest BCUT2D eigenvalue weighted by molar-refractivity contribution is -0.129. The van der Waals surface area contributed by atoms with Crippen LogP contribution in [0.3, 0.4) is 0 Å². The van der Waals surface area contributed by atoms with Crippen molar-refractivity contribution in [1.29, 1.82) is 0 Å². The van der Waals surface area contributed by atoms with Crippen molar-refractivity contribution in [3.63, 3.8) is 0 Å². The number of nitrogens with zero attached hydrogens (tertiary/aromatic N) is 1. The molecule has 5 heteroatoms. The average molecular weight is 331 g/mol. The maximum absolute atomic E-state index is 11.7. The number of benzene rings is 1. The second-order valence-electron chi connectivity index (χ2n) is 3.46. The summed E-state index contributed by atoms with van der Waals surface area (Å²) in [6.07, 6.45) is 0.438. The van der Waals surface area contributed by atoms with Gasteiger partial charge in [0, 0.05) is 9.26 Å². The van der Waals surface area contributed by atoms with Crippen molar-refractivity contribution in [1.82, 2.24) is 0 Å². The Morgan fingerprint density at radius 3 is 3.06 bits per heavy atom. The highest BCUT2D eigenvalue weighted by Crippen LogP contribution is 2.29. The molecule has 0 saturated heterocycles. The van der Waals surface area contributed by atoms with E-state index in [-0.39, 0.29) is 12.5 Å².